The number of aromatic nitrogens is 4. The van der Waals surface area contributed by atoms with Crippen LogP contribution in [0.25, 0.3) is 5.65 Å². The first-order valence-corrected chi connectivity index (χ1v) is 7.45. The van der Waals surface area contributed by atoms with Crippen LogP contribution in [-0.4, -0.2) is 19.2 Å². The van der Waals surface area contributed by atoms with Gasteiger partial charge in [-0.2, -0.15) is 0 Å². The highest BCUT2D eigenvalue weighted by Crippen LogP contribution is 2.13. The molecule has 0 aliphatic rings. The summed E-state index contributed by atoms with van der Waals surface area (Å²) in [7, 11) is 0. The van der Waals surface area contributed by atoms with Crippen molar-refractivity contribution in [3.05, 3.63) is 54.2 Å². The lowest BCUT2D eigenvalue weighted by Crippen LogP contribution is -2.20. The molecule has 1 atom stereocenters. The number of fused-ring (bicyclic) bond motifs is 1. The van der Waals surface area contributed by atoms with Gasteiger partial charge < -0.3 is 9.88 Å². The van der Waals surface area contributed by atoms with Gasteiger partial charge in [0.15, 0.2) is 11.5 Å². The molecule has 0 bridgehead atoms. The quantitative estimate of drug-likeness (QED) is 0.756. The maximum absolute atomic E-state index is 4.29. The number of pyridine rings is 1. The van der Waals surface area contributed by atoms with Gasteiger partial charge in [0.05, 0.1) is 6.04 Å². The number of rotatable bonds is 6. The molecular formula is C16H21N5. The van der Waals surface area contributed by atoms with Crippen LogP contribution >= 0.6 is 0 Å². The lowest BCUT2D eigenvalue weighted by atomic mass is 10.2. The van der Waals surface area contributed by atoms with Crippen molar-refractivity contribution in [3.8, 4) is 0 Å². The Balaban J connectivity index is 1.67. The second kappa shape index (κ2) is 6.10. The standard InChI is InChI=1S/C16H21N5/c1-3-8-20-10-7-14(12-20)11-17-13(2)16-19-18-15-6-4-5-9-21(15)16/h4-7,9-10,12-13,17H,3,8,11H2,1-2H3. The highest BCUT2D eigenvalue weighted by molar-refractivity contribution is 5.37. The summed E-state index contributed by atoms with van der Waals surface area (Å²) in [4.78, 5) is 0. The third kappa shape index (κ3) is 2.97. The fraction of sp³-hybridized carbons (Fsp3) is 0.375. The molecule has 0 amide bonds. The first-order valence-electron chi connectivity index (χ1n) is 7.45. The highest BCUT2D eigenvalue weighted by atomic mass is 15.3. The molecule has 21 heavy (non-hydrogen) atoms. The molecule has 0 radical (unpaired) electrons. The Kier molecular flexibility index (Phi) is 4.01. The van der Waals surface area contributed by atoms with Crippen LogP contribution in [0.1, 0.15) is 37.7 Å². The van der Waals surface area contributed by atoms with Gasteiger partial charge in [-0.15, -0.1) is 10.2 Å². The molecule has 0 saturated carbocycles. The van der Waals surface area contributed by atoms with Gasteiger partial charge in [0.2, 0.25) is 0 Å². The third-order valence-corrected chi connectivity index (χ3v) is 3.63. The molecule has 5 heteroatoms. The summed E-state index contributed by atoms with van der Waals surface area (Å²) in [5.74, 6) is 0.943. The zero-order chi connectivity index (χ0) is 14.7. The Hall–Kier alpha value is -2.14. The van der Waals surface area contributed by atoms with E-state index in [0.29, 0.717) is 0 Å². The van der Waals surface area contributed by atoms with Crippen molar-refractivity contribution in [2.75, 3.05) is 0 Å². The summed E-state index contributed by atoms with van der Waals surface area (Å²) in [6.45, 7) is 6.22. The Morgan fingerprint density at radius 2 is 2.10 bits per heavy atom. The first kappa shape index (κ1) is 13.8. The second-order valence-corrected chi connectivity index (χ2v) is 5.35. The Labute approximate surface area is 124 Å². The summed E-state index contributed by atoms with van der Waals surface area (Å²) in [5, 5.41) is 12.0. The molecule has 0 aromatic carbocycles. The number of nitrogens with one attached hydrogen (secondary N) is 1. The summed E-state index contributed by atoms with van der Waals surface area (Å²) in [5.41, 5.74) is 2.18. The topological polar surface area (TPSA) is 47.2 Å². The van der Waals surface area contributed by atoms with Crippen molar-refractivity contribution < 1.29 is 0 Å². The van der Waals surface area contributed by atoms with Crippen LogP contribution in [0.4, 0.5) is 0 Å². The van der Waals surface area contributed by atoms with Crippen LogP contribution in [0.5, 0.6) is 0 Å². The monoisotopic (exact) mass is 283 g/mol. The van der Waals surface area contributed by atoms with Crippen LogP contribution in [0, 0.1) is 0 Å². The van der Waals surface area contributed by atoms with Gasteiger partial charge in [-0.25, -0.2) is 0 Å². The van der Waals surface area contributed by atoms with E-state index < -0.39 is 0 Å². The van der Waals surface area contributed by atoms with E-state index in [1.165, 1.54) is 5.56 Å². The van der Waals surface area contributed by atoms with Gasteiger partial charge >= 0.3 is 0 Å². The van der Waals surface area contributed by atoms with E-state index in [-0.39, 0.29) is 6.04 Å². The van der Waals surface area contributed by atoms with Crippen molar-refractivity contribution in [3.63, 3.8) is 0 Å². The van der Waals surface area contributed by atoms with E-state index >= 15 is 0 Å². The van der Waals surface area contributed by atoms with Crippen molar-refractivity contribution in [1.82, 2.24) is 24.5 Å². The third-order valence-electron chi connectivity index (χ3n) is 3.63. The van der Waals surface area contributed by atoms with Crippen molar-refractivity contribution in [1.29, 1.82) is 0 Å². The average Bonchev–Trinajstić information content (AvgIpc) is 3.12. The molecular weight excluding hydrogens is 262 g/mol. The first-order chi connectivity index (χ1) is 10.3. The maximum atomic E-state index is 4.29. The fourth-order valence-electron chi connectivity index (χ4n) is 2.51. The Morgan fingerprint density at radius 3 is 2.95 bits per heavy atom. The van der Waals surface area contributed by atoms with Crippen LogP contribution in [0.3, 0.4) is 0 Å². The Bertz CT molecular complexity index is 712. The van der Waals surface area contributed by atoms with E-state index in [1.807, 2.05) is 28.8 Å². The number of hydrogen-bond acceptors (Lipinski definition) is 3. The molecule has 1 unspecified atom stereocenters. The summed E-state index contributed by atoms with van der Waals surface area (Å²) in [6.07, 6.45) is 7.49. The molecule has 3 aromatic heterocycles. The highest BCUT2D eigenvalue weighted by Gasteiger charge is 2.12. The predicted octanol–water partition coefficient (Wildman–Crippen LogP) is 2.79. The van der Waals surface area contributed by atoms with E-state index in [9.17, 15) is 0 Å². The van der Waals surface area contributed by atoms with E-state index in [4.69, 9.17) is 0 Å². The fourth-order valence-corrected chi connectivity index (χ4v) is 2.51. The molecule has 110 valence electrons. The molecule has 3 heterocycles. The van der Waals surface area contributed by atoms with Crippen LogP contribution in [0.2, 0.25) is 0 Å². The Morgan fingerprint density at radius 1 is 1.19 bits per heavy atom. The van der Waals surface area contributed by atoms with E-state index in [0.717, 1.165) is 31.0 Å². The van der Waals surface area contributed by atoms with Gasteiger partial charge in [0.1, 0.15) is 0 Å². The number of nitrogens with zero attached hydrogens (tertiary/aromatic N) is 4. The summed E-state index contributed by atoms with van der Waals surface area (Å²) in [6, 6.07) is 8.25. The minimum atomic E-state index is 0.150. The van der Waals surface area contributed by atoms with Crippen molar-refractivity contribution in [2.24, 2.45) is 0 Å². The largest absolute Gasteiger partial charge is 0.354 e. The van der Waals surface area contributed by atoms with Gasteiger partial charge in [0.25, 0.3) is 0 Å². The SMILES string of the molecule is CCCn1ccc(CNC(C)c2nnc3ccccn23)c1. The number of aryl methyl sites for hydroxylation is 1. The zero-order valence-electron chi connectivity index (χ0n) is 12.5. The van der Waals surface area contributed by atoms with Crippen molar-refractivity contribution in [2.45, 2.75) is 39.4 Å². The number of hydrogen-bond donors (Lipinski definition) is 1. The minimum Gasteiger partial charge on any atom is -0.354 e. The predicted molar refractivity (Wildman–Crippen MR) is 83.0 cm³/mol. The molecule has 0 saturated heterocycles. The van der Waals surface area contributed by atoms with Crippen molar-refractivity contribution >= 4 is 5.65 Å². The molecule has 5 nitrogen and oxygen atoms in total. The normalized spacial score (nSPS) is 12.9. The van der Waals surface area contributed by atoms with E-state index in [1.54, 1.807) is 0 Å². The van der Waals surface area contributed by atoms with Gasteiger partial charge in [-0.05, 0) is 37.1 Å². The lowest BCUT2D eigenvalue weighted by Gasteiger charge is -2.11. The minimum absolute atomic E-state index is 0.150. The average molecular weight is 283 g/mol. The van der Waals surface area contributed by atoms with Gasteiger partial charge in [0, 0.05) is 31.7 Å². The maximum Gasteiger partial charge on any atom is 0.160 e. The summed E-state index contributed by atoms with van der Waals surface area (Å²) >= 11 is 0. The zero-order valence-corrected chi connectivity index (χ0v) is 12.5. The van der Waals surface area contributed by atoms with Crippen LogP contribution in [-0.2, 0) is 13.1 Å². The summed E-state index contributed by atoms with van der Waals surface area (Å²) < 4.78 is 4.26. The van der Waals surface area contributed by atoms with Crippen LogP contribution < -0.4 is 5.32 Å². The van der Waals surface area contributed by atoms with Gasteiger partial charge in [-0.3, -0.25) is 4.40 Å². The molecule has 1 N–H and O–H groups in total. The molecule has 3 aromatic rings. The van der Waals surface area contributed by atoms with Gasteiger partial charge in [-0.1, -0.05) is 13.0 Å². The molecule has 3 rings (SSSR count). The van der Waals surface area contributed by atoms with E-state index in [2.05, 4.69) is 52.4 Å². The lowest BCUT2D eigenvalue weighted by molar-refractivity contribution is 0.540. The van der Waals surface area contributed by atoms with Crippen LogP contribution in [0.15, 0.2) is 42.9 Å². The smallest absolute Gasteiger partial charge is 0.160 e. The molecule has 0 aliphatic heterocycles. The molecule has 0 spiro atoms. The second-order valence-electron chi connectivity index (χ2n) is 5.35. The molecule has 0 aliphatic carbocycles. The molecule has 0 fully saturated rings.